The van der Waals surface area contributed by atoms with Gasteiger partial charge in [-0.1, -0.05) is 12.1 Å². The molecular weight excluding hydrogens is 230 g/mol. The number of aryl methyl sites for hydroxylation is 1. The molecule has 0 spiro atoms. The van der Waals surface area contributed by atoms with Crippen LogP contribution in [0, 0.1) is 6.92 Å². The summed E-state index contributed by atoms with van der Waals surface area (Å²) in [5.41, 5.74) is 2.51. The lowest BCUT2D eigenvalue weighted by molar-refractivity contribution is -0.111. The van der Waals surface area contributed by atoms with Gasteiger partial charge in [0.1, 0.15) is 6.33 Å². The van der Waals surface area contributed by atoms with E-state index in [1.807, 2.05) is 25.1 Å². The fraction of sp³-hybridized carbons (Fsp3) is 0.167. The van der Waals surface area contributed by atoms with Crippen molar-refractivity contribution in [3.05, 3.63) is 42.2 Å². The molecular formula is C12H13N5O. The summed E-state index contributed by atoms with van der Waals surface area (Å²) in [7, 11) is 0. The number of amides is 1. The lowest BCUT2D eigenvalue weighted by Crippen LogP contribution is -2.09. The number of carbonyl (C=O) groups excluding carboxylic acids is 1. The Kier molecular flexibility index (Phi) is 3.47. The molecule has 0 fully saturated rings. The topological polar surface area (TPSA) is 72.7 Å². The fourth-order valence-corrected chi connectivity index (χ4v) is 1.49. The maximum atomic E-state index is 11.5. The van der Waals surface area contributed by atoms with Gasteiger partial charge in [0, 0.05) is 5.69 Å². The third-order valence-corrected chi connectivity index (χ3v) is 2.41. The Hall–Kier alpha value is -2.50. The molecule has 1 aromatic carbocycles. The minimum absolute atomic E-state index is 0.158. The van der Waals surface area contributed by atoms with E-state index in [1.165, 1.54) is 17.1 Å². The van der Waals surface area contributed by atoms with E-state index in [4.69, 9.17) is 0 Å². The molecule has 6 nitrogen and oxygen atoms in total. The molecule has 0 atom stereocenters. The summed E-state index contributed by atoms with van der Waals surface area (Å²) >= 11 is 0. The van der Waals surface area contributed by atoms with Crippen molar-refractivity contribution in [1.82, 2.24) is 20.2 Å². The van der Waals surface area contributed by atoms with E-state index in [2.05, 4.69) is 20.8 Å². The van der Waals surface area contributed by atoms with Gasteiger partial charge in [-0.2, -0.15) is 0 Å². The Morgan fingerprint density at radius 1 is 1.44 bits per heavy atom. The van der Waals surface area contributed by atoms with Crippen LogP contribution in [0.1, 0.15) is 12.5 Å². The Bertz CT molecular complexity index is 574. The van der Waals surface area contributed by atoms with Crippen LogP contribution in [-0.2, 0) is 4.79 Å². The third-order valence-electron chi connectivity index (χ3n) is 2.41. The molecule has 1 amide bonds. The third kappa shape index (κ3) is 2.60. The van der Waals surface area contributed by atoms with E-state index >= 15 is 0 Å². The molecule has 0 saturated heterocycles. The summed E-state index contributed by atoms with van der Waals surface area (Å²) in [6, 6.07) is 5.62. The number of anilines is 1. The predicted molar refractivity (Wildman–Crippen MR) is 67.3 cm³/mol. The molecule has 0 saturated carbocycles. The number of aromatic nitrogens is 4. The number of hydrogen-bond donors (Lipinski definition) is 1. The Morgan fingerprint density at radius 3 is 2.94 bits per heavy atom. The maximum absolute atomic E-state index is 11.5. The van der Waals surface area contributed by atoms with E-state index in [0.29, 0.717) is 0 Å². The van der Waals surface area contributed by atoms with E-state index in [0.717, 1.165) is 16.9 Å². The van der Waals surface area contributed by atoms with Crippen molar-refractivity contribution in [3.63, 3.8) is 0 Å². The first-order chi connectivity index (χ1) is 8.70. The zero-order chi connectivity index (χ0) is 13.0. The van der Waals surface area contributed by atoms with Gasteiger partial charge in [-0.3, -0.25) is 4.79 Å². The number of carbonyl (C=O) groups is 1. The molecule has 0 bridgehead atoms. The van der Waals surface area contributed by atoms with Gasteiger partial charge < -0.3 is 5.32 Å². The van der Waals surface area contributed by atoms with Gasteiger partial charge in [0.05, 0.1) is 5.69 Å². The van der Waals surface area contributed by atoms with Crippen LogP contribution in [0.3, 0.4) is 0 Å². The van der Waals surface area contributed by atoms with Gasteiger partial charge in [0.25, 0.3) is 0 Å². The van der Waals surface area contributed by atoms with Crippen molar-refractivity contribution < 1.29 is 4.79 Å². The van der Waals surface area contributed by atoms with Crippen LogP contribution in [-0.4, -0.2) is 26.1 Å². The molecule has 1 heterocycles. The minimum atomic E-state index is -0.158. The van der Waals surface area contributed by atoms with Gasteiger partial charge in [-0.25, -0.2) is 4.68 Å². The summed E-state index contributed by atoms with van der Waals surface area (Å²) in [5, 5.41) is 13.8. The van der Waals surface area contributed by atoms with Crippen LogP contribution in [0.2, 0.25) is 0 Å². The van der Waals surface area contributed by atoms with Crippen molar-refractivity contribution in [3.8, 4) is 5.69 Å². The molecule has 0 aliphatic heterocycles. The molecule has 92 valence electrons. The largest absolute Gasteiger partial charge is 0.322 e. The highest BCUT2D eigenvalue weighted by molar-refractivity contribution is 5.99. The second kappa shape index (κ2) is 5.22. The zero-order valence-electron chi connectivity index (χ0n) is 10.2. The van der Waals surface area contributed by atoms with Crippen molar-refractivity contribution in [2.24, 2.45) is 0 Å². The van der Waals surface area contributed by atoms with Crippen molar-refractivity contribution in [1.29, 1.82) is 0 Å². The highest BCUT2D eigenvalue weighted by atomic mass is 16.1. The monoisotopic (exact) mass is 243 g/mol. The Labute approximate surface area is 104 Å². The van der Waals surface area contributed by atoms with Crippen LogP contribution < -0.4 is 5.32 Å². The average molecular weight is 243 g/mol. The number of benzene rings is 1. The minimum Gasteiger partial charge on any atom is -0.322 e. The summed E-state index contributed by atoms with van der Waals surface area (Å²) in [4.78, 5) is 11.5. The van der Waals surface area contributed by atoms with Crippen LogP contribution in [0.15, 0.2) is 36.7 Å². The summed E-state index contributed by atoms with van der Waals surface area (Å²) in [5.74, 6) is -0.158. The first kappa shape index (κ1) is 12.0. The van der Waals surface area contributed by atoms with Crippen LogP contribution in [0.4, 0.5) is 5.69 Å². The van der Waals surface area contributed by atoms with E-state index in [-0.39, 0.29) is 5.91 Å². The van der Waals surface area contributed by atoms with Gasteiger partial charge in [0.2, 0.25) is 5.91 Å². The fourth-order valence-electron chi connectivity index (χ4n) is 1.49. The normalized spacial score (nSPS) is 10.8. The highest BCUT2D eigenvalue weighted by Gasteiger charge is 2.05. The first-order valence-corrected chi connectivity index (χ1v) is 5.48. The molecule has 0 aliphatic rings. The lowest BCUT2D eigenvalue weighted by Gasteiger charge is -2.08. The second-order valence-corrected chi connectivity index (χ2v) is 3.74. The van der Waals surface area contributed by atoms with Gasteiger partial charge >= 0.3 is 0 Å². The number of allylic oxidation sites excluding steroid dienone is 1. The molecule has 2 rings (SSSR count). The van der Waals surface area contributed by atoms with Gasteiger partial charge in [0.15, 0.2) is 0 Å². The molecule has 0 radical (unpaired) electrons. The number of nitrogens with zero attached hydrogens (tertiary/aromatic N) is 4. The predicted octanol–water partition coefficient (Wildman–Crippen LogP) is 1.49. The standard InChI is InChI=1S/C12H13N5O/c1-3-4-12(18)14-11-7-10(6-5-9(11)2)17-8-13-15-16-17/h3-8H,1-2H3,(H,14,18)/b4-3+. The average Bonchev–Trinajstić information content (AvgIpc) is 2.86. The highest BCUT2D eigenvalue weighted by Crippen LogP contribution is 2.18. The molecule has 1 aromatic heterocycles. The Balaban J connectivity index is 2.30. The van der Waals surface area contributed by atoms with Crippen LogP contribution in [0.25, 0.3) is 5.69 Å². The van der Waals surface area contributed by atoms with Crippen molar-refractivity contribution in [2.75, 3.05) is 5.32 Å². The smallest absolute Gasteiger partial charge is 0.248 e. The quantitative estimate of drug-likeness (QED) is 0.829. The van der Waals surface area contributed by atoms with E-state index in [1.54, 1.807) is 13.0 Å². The van der Waals surface area contributed by atoms with Gasteiger partial charge in [-0.15, -0.1) is 5.10 Å². The molecule has 6 heteroatoms. The summed E-state index contributed by atoms with van der Waals surface area (Å²) < 4.78 is 1.53. The van der Waals surface area contributed by atoms with Crippen molar-refractivity contribution >= 4 is 11.6 Å². The lowest BCUT2D eigenvalue weighted by atomic mass is 10.2. The molecule has 0 unspecified atom stereocenters. The van der Waals surface area contributed by atoms with E-state index < -0.39 is 0 Å². The zero-order valence-corrected chi connectivity index (χ0v) is 10.2. The van der Waals surface area contributed by atoms with Crippen LogP contribution in [0.5, 0.6) is 0 Å². The molecule has 1 N–H and O–H groups in total. The Morgan fingerprint density at radius 2 is 2.28 bits per heavy atom. The second-order valence-electron chi connectivity index (χ2n) is 3.74. The van der Waals surface area contributed by atoms with E-state index in [9.17, 15) is 4.79 Å². The first-order valence-electron chi connectivity index (χ1n) is 5.48. The number of rotatable bonds is 3. The van der Waals surface area contributed by atoms with Gasteiger partial charge in [-0.05, 0) is 48.0 Å². The molecule has 2 aromatic rings. The number of nitrogens with one attached hydrogen (secondary N) is 1. The van der Waals surface area contributed by atoms with Crippen molar-refractivity contribution in [2.45, 2.75) is 13.8 Å². The maximum Gasteiger partial charge on any atom is 0.248 e. The van der Waals surface area contributed by atoms with Crippen LogP contribution >= 0.6 is 0 Å². The SMILES string of the molecule is C/C=C/C(=O)Nc1cc(-n2cnnn2)ccc1C. The molecule has 18 heavy (non-hydrogen) atoms. The number of tetrazole rings is 1. The molecule has 0 aliphatic carbocycles. The summed E-state index contributed by atoms with van der Waals surface area (Å²) in [6.07, 6.45) is 4.67. The summed E-state index contributed by atoms with van der Waals surface area (Å²) in [6.45, 7) is 3.72. The number of hydrogen-bond acceptors (Lipinski definition) is 4.